The summed E-state index contributed by atoms with van der Waals surface area (Å²) >= 11 is 5.16. The number of aromatic hydroxyl groups is 1. The number of rotatable bonds is 4. The maximum atomic E-state index is 12.8. The van der Waals surface area contributed by atoms with E-state index < -0.39 is 11.6 Å². The molecule has 3 rings (SSSR count). The number of methoxy groups -OCH3 is 2. The van der Waals surface area contributed by atoms with Crippen LogP contribution >= 0.6 is 12.2 Å². The Labute approximate surface area is 172 Å². The maximum absolute atomic E-state index is 12.8. The van der Waals surface area contributed by atoms with Gasteiger partial charge in [0, 0.05) is 39.1 Å². The van der Waals surface area contributed by atoms with Crippen LogP contribution in [0, 0.1) is 4.77 Å². The highest BCUT2D eigenvalue weighted by Crippen LogP contribution is 2.39. The molecule has 1 aromatic carbocycles. The van der Waals surface area contributed by atoms with Crippen LogP contribution in [0.3, 0.4) is 0 Å². The molecule has 0 saturated carbocycles. The number of ether oxygens (including phenoxy) is 2. The highest BCUT2D eigenvalue weighted by molar-refractivity contribution is 7.71. The monoisotopic (exact) mass is 418 g/mol. The van der Waals surface area contributed by atoms with E-state index in [-0.39, 0.29) is 28.5 Å². The number of hydrogen-bond acceptors (Lipinski definition) is 7. The molecule has 1 amide bonds. The van der Waals surface area contributed by atoms with Gasteiger partial charge in [0.1, 0.15) is 17.1 Å². The van der Waals surface area contributed by atoms with Crippen molar-refractivity contribution in [1.29, 1.82) is 0 Å². The van der Waals surface area contributed by atoms with Crippen LogP contribution in [0.4, 0.5) is 0 Å². The summed E-state index contributed by atoms with van der Waals surface area (Å²) in [6.45, 7) is 1.39. The predicted molar refractivity (Wildman–Crippen MR) is 109 cm³/mol. The molecule has 1 N–H and O–H groups in total. The molecular weight excluding hydrogens is 396 g/mol. The van der Waals surface area contributed by atoms with Crippen molar-refractivity contribution in [3.05, 3.63) is 44.5 Å². The van der Waals surface area contributed by atoms with E-state index in [1.165, 1.54) is 35.2 Å². The molecule has 0 saturated heterocycles. The quantitative estimate of drug-likeness (QED) is 0.762. The van der Waals surface area contributed by atoms with E-state index >= 15 is 0 Å². The van der Waals surface area contributed by atoms with Gasteiger partial charge in [-0.3, -0.25) is 18.7 Å². The number of amides is 1. The second kappa shape index (κ2) is 7.70. The molecule has 1 aliphatic rings. The van der Waals surface area contributed by atoms with Crippen LogP contribution in [-0.4, -0.2) is 45.1 Å². The minimum absolute atomic E-state index is 0.0184. The van der Waals surface area contributed by atoms with Crippen LogP contribution in [0.2, 0.25) is 0 Å². The first-order valence-electron chi connectivity index (χ1n) is 8.79. The zero-order chi connectivity index (χ0) is 21.5. The molecule has 1 unspecified atom stereocenters. The van der Waals surface area contributed by atoms with Crippen molar-refractivity contribution in [1.82, 2.24) is 14.1 Å². The van der Waals surface area contributed by atoms with Crippen molar-refractivity contribution < 1.29 is 19.4 Å². The third-order valence-corrected chi connectivity index (χ3v) is 5.50. The van der Waals surface area contributed by atoms with Gasteiger partial charge in [0.15, 0.2) is 4.77 Å². The molecule has 29 heavy (non-hydrogen) atoms. The molecule has 1 aromatic heterocycles. The third-order valence-electron chi connectivity index (χ3n) is 4.95. The number of nitrogens with zero attached hydrogens (tertiary/aromatic N) is 4. The zero-order valence-corrected chi connectivity index (χ0v) is 17.6. The number of hydrogen-bond donors (Lipinski definition) is 1. The number of benzene rings is 1. The number of aromatic nitrogens is 2. The highest BCUT2D eigenvalue weighted by Gasteiger charge is 2.36. The van der Waals surface area contributed by atoms with Crippen LogP contribution in [0.25, 0.3) is 0 Å². The van der Waals surface area contributed by atoms with E-state index in [2.05, 4.69) is 5.10 Å². The summed E-state index contributed by atoms with van der Waals surface area (Å²) in [6.07, 6.45) is 0.224. The van der Waals surface area contributed by atoms with Crippen LogP contribution in [0.5, 0.6) is 17.4 Å². The molecule has 154 valence electrons. The lowest BCUT2D eigenvalue weighted by molar-refractivity contribution is -0.130. The summed E-state index contributed by atoms with van der Waals surface area (Å²) in [4.78, 5) is 25.0. The van der Waals surface area contributed by atoms with Gasteiger partial charge in [-0.2, -0.15) is 5.10 Å². The predicted octanol–water partition coefficient (Wildman–Crippen LogP) is 1.87. The molecule has 1 aliphatic heterocycles. The van der Waals surface area contributed by atoms with Crippen LogP contribution in [0.15, 0.2) is 28.1 Å². The Balaban J connectivity index is 2.14. The molecule has 0 fully saturated rings. The van der Waals surface area contributed by atoms with Gasteiger partial charge in [0.25, 0.3) is 5.56 Å². The van der Waals surface area contributed by atoms with Gasteiger partial charge >= 0.3 is 0 Å². The molecule has 10 heteroatoms. The van der Waals surface area contributed by atoms with Gasteiger partial charge in [0.2, 0.25) is 11.8 Å². The van der Waals surface area contributed by atoms with E-state index in [0.29, 0.717) is 22.8 Å². The molecule has 0 radical (unpaired) electrons. The second-order valence-corrected chi connectivity index (χ2v) is 7.01. The Morgan fingerprint density at radius 3 is 2.52 bits per heavy atom. The van der Waals surface area contributed by atoms with E-state index in [4.69, 9.17) is 21.7 Å². The van der Waals surface area contributed by atoms with Crippen LogP contribution in [-0.2, 0) is 18.9 Å². The average Bonchev–Trinajstić information content (AvgIpc) is 3.15. The molecule has 0 aliphatic carbocycles. The topological polar surface area (TPSA) is 98.3 Å². The van der Waals surface area contributed by atoms with Crippen LogP contribution < -0.4 is 15.0 Å². The first-order chi connectivity index (χ1) is 13.7. The van der Waals surface area contributed by atoms with Crippen molar-refractivity contribution in [2.24, 2.45) is 19.2 Å². The summed E-state index contributed by atoms with van der Waals surface area (Å²) < 4.78 is 13.5. The fraction of sp³-hybridized carbons (Fsp3) is 0.368. The van der Waals surface area contributed by atoms with E-state index in [9.17, 15) is 14.7 Å². The summed E-state index contributed by atoms with van der Waals surface area (Å²) in [6, 6.07) is 4.77. The third kappa shape index (κ3) is 3.39. The minimum atomic E-state index is -0.499. The van der Waals surface area contributed by atoms with E-state index in [0.717, 1.165) is 0 Å². The molecule has 2 heterocycles. The summed E-state index contributed by atoms with van der Waals surface area (Å²) in [7, 11) is 6.16. The molecule has 2 aromatic rings. The summed E-state index contributed by atoms with van der Waals surface area (Å²) in [5.41, 5.74) is 0.551. The first kappa shape index (κ1) is 20.6. The maximum Gasteiger partial charge on any atom is 0.267 e. The van der Waals surface area contributed by atoms with Crippen molar-refractivity contribution in [3.63, 3.8) is 0 Å². The Bertz CT molecular complexity index is 1130. The Morgan fingerprint density at radius 2 is 1.93 bits per heavy atom. The minimum Gasteiger partial charge on any atom is -0.497 e. The molecule has 9 nitrogen and oxygen atoms in total. The van der Waals surface area contributed by atoms with Crippen molar-refractivity contribution >= 4 is 23.8 Å². The fourth-order valence-electron chi connectivity index (χ4n) is 3.37. The first-order valence-corrected chi connectivity index (χ1v) is 9.20. The highest BCUT2D eigenvalue weighted by atomic mass is 32.1. The van der Waals surface area contributed by atoms with Gasteiger partial charge in [-0.25, -0.2) is 5.01 Å². The van der Waals surface area contributed by atoms with E-state index in [1.807, 2.05) is 0 Å². The molecule has 0 spiro atoms. The number of carbonyl (C=O) groups excluding carboxylic acids is 1. The van der Waals surface area contributed by atoms with Gasteiger partial charge in [-0.15, -0.1) is 0 Å². The smallest absolute Gasteiger partial charge is 0.267 e. The largest absolute Gasteiger partial charge is 0.497 e. The van der Waals surface area contributed by atoms with Crippen molar-refractivity contribution in [2.75, 3.05) is 14.2 Å². The lowest BCUT2D eigenvalue weighted by Crippen LogP contribution is -2.28. The summed E-state index contributed by atoms with van der Waals surface area (Å²) in [5.74, 6) is 0.547. The van der Waals surface area contributed by atoms with Crippen LogP contribution in [0.1, 0.15) is 30.5 Å². The zero-order valence-electron chi connectivity index (χ0n) is 16.8. The van der Waals surface area contributed by atoms with Gasteiger partial charge in [-0.1, -0.05) is 0 Å². The second-order valence-electron chi connectivity index (χ2n) is 6.64. The molecule has 0 bridgehead atoms. The van der Waals surface area contributed by atoms with Gasteiger partial charge in [0.05, 0.1) is 26.0 Å². The van der Waals surface area contributed by atoms with E-state index in [1.54, 1.807) is 32.4 Å². The standard InChI is InChI=1S/C19H22N4O5S/c1-10(24)23-14(12-7-6-11(27-4)8-15(12)28-5)9-13(20-23)16-17(25)21(2)19(29)22(3)18(16)26/h6-8,14,25H,9H2,1-5H3. The van der Waals surface area contributed by atoms with Gasteiger partial charge in [-0.05, 0) is 24.4 Å². The van der Waals surface area contributed by atoms with Crippen molar-refractivity contribution in [2.45, 2.75) is 19.4 Å². The lowest BCUT2D eigenvalue weighted by atomic mass is 9.98. The summed E-state index contributed by atoms with van der Waals surface area (Å²) in [5, 5.41) is 16.2. The normalized spacial score (nSPS) is 16.0. The van der Waals surface area contributed by atoms with Crippen molar-refractivity contribution in [3.8, 4) is 17.4 Å². The Kier molecular flexibility index (Phi) is 5.47. The fourth-order valence-corrected chi connectivity index (χ4v) is 3.54. The molecular formula is C19H22N4O5S. The average molecular weight is 418 g/mol. The number of carbonyl (C=O) groups is 1. The SMILES string of the molecule is COc1ccc(C2CC(c3c(O)n(C)c(=S)n(C)c3=O)=NN2C(C)=O)c(OC)c1. The Hall–Kier alpha value is -3.14. The van der Waals surface area contributed by atoms with Gasteiger partial charge < -0.3 is 14.6 Å². The lowest BCUT2D eigenvalue weighted by Gasteiger charge is -2.22. The Morgan fingerprint density at radius 1 is 1.24 bits per heavy atom. The number of hydrazone groups is 1. The molecule has 1 atom stereocenters.